The lowest BCUT2D eigenvalue weighted by Crippen LogP contribution is -2.42. The molecule has 2 aromatic rings. The first-order valence-electron chi connectivity index (χ1n) is 8.84. The second kappa shape index (κ2) is 7.99. The molecule has 2 aromatic heterocycles. The first-order chi connectivity index (χ1) is 12.4. The van der Waals surface area contributed by atoms with Crippen molar-refractivity contribution in [2.24, 2.45) is 0 Å². The topological polar surface area (TPSA) is 78.4 Å². The van der Waals surface area contributed by atoms with Crippen LogP contribution in [0.4, 0.5) is 10.8 Å². The number of pyridine rings is 1. The molecule has 0 unspecified atom stereocenters. The summed E-state index contributed by atoms with van der Waals surface area (Å²) in [6, 6.07) is 3.98. The molecule has 0 radical (unpaired) electrons. The summed E-state index contributed by atoms with van der Waals surface area (Å²) in [5.74, 6) is 0.108. The third-order valence-electron chi connectivity index (χ3n) is 4.58. The molecule has 0 aliphatic carbocycles. The van der Waals surface area contributed by atoms with E-state index in [9.17, 15) is 8.42 Å². The summed E-state index contributed by atoms with van der Waals surface area (Å²) in [5, 5.41) is 6.05. The van der Waals surface area contributed by atoms with Crippen LogP contribution in [0.3, 0.4) is 0 Å². The first-order valence-corrected chi connectivity index (χ1v) is 11.1. The third-order valence-corrected chi connectivity index (χ3v) is 7.43. The van der Waals surface area contributed by atoms with Crippen LogP contribution >= 0.6 is 11.3 Å². The number of aryl methyl sites for hydroxylation is 1. The standard InChI is InChI=1S/C17H25N5O2S2/c1-4-21(5-2)26(23,24)22-8-6-14(12-22)16-11-15(10-13(3)19-16)20-17-18-7-9-25-17/h7,9-11,14H,4-6,8,12H2,1-3H3,(H,18,19,20)/t14-/m0/s1. The highest BCUT2D eigenvalue weighted by Crippen LogP contribution is 2.31. The number of rotatable bonds is 7. The maximum atomic E-state index is 12.7. The van der Waals surface area contributed by atoms with Gasteiger partial charge in [0.05, 0.1) is 0 Å². The van der Waals surface area contributed by atoms with E-state index >= 15 is 0 Å². The van der Waals surface area contributed by atoms with Crippen molar-refractivity contribution in [2.45, 2.75) is 33.1 Å². The van der Waals surface area contributed by atoms with Crippen molar-refractivity contribution in [2.75, 3.05) is 31.5 Å². The Bertz CT molecular complexity index is 835. The van der Waals surface area contributed by atoms with E-state index in [4.69, 9.17) is 0 Å². The minimum atomic E-state index is -3.39. The molecule has 0 aromatic carbocycles. The summed E-state index contributed by atoms with van der Waals surface area (Å²) in [7, 11) is -3.39. The van der Waals surface area contributed by atoms with Crippen molar-refractivity contribution in [3.05, 3.63) is 35.1 Å². The van der Waals surface area contributed by atoms with Crippen LogP contribution in [0.1, 0.15) is 37.6 Å². The predicted molar refractivity (Wildman–Crippen MR) is 105 cm³/mol. The summed E-state index contributed by atoms with van der Waals surface area (Å²) in [6.07, 6.45) is 2.54. The fourth-order valence-corrected chi connectivity index (χ4v) is 5.51. The van der Waals surface area contributed by atoms with Crippen molar-refractivity contribution in [1.29, 1.82) is 0 Å². The smallest absolute Gasteiger partial charge is 0.281 e. The molecule has 1 atom stereocenters. The van der Waals surface area contributed by atoms with Gasteiger partial charge in [0.15, 0.2) is 5.13 Å². The summed E-state index contributed by atoms with van der Waals surface area (Å²) < 4.78 is 28.6. The quantitative estimate of drug-likeness (QED) is 0.780. The van der Waals surface area contributed by atoms with Gasteiger partial charge in [0.1, 0.15) is 0 Å². The second-order valence-corrected chi connectivity index (χ2v) is 9.14. The van der Waals surface area contributed by atoms with Crippen LogP contribution in [-0.4, -0.2) is 53.2 Å². The summed E-state index contributed by atoms with van der Waals surface area (Å²) in [4.78, 5) is 8.90. The molecule has 0 saturated carbocycles. The number of nitrogens with one attached hydrogen (secondary N) is 1. The van der Waals surface area contributed by atoms with Gasteiger partial charge in [-0.2, -0.15) is 17.0 Å². The highest BCUT2D eigenvalue weighted by Gasteiger charge is 2.35. The molecule has 7 nitrogen and oxygen atoms in total. The zero-order valence-electron chi connectivity index (χ0n) is 15.3. The van der Waals surface area contributed by atoms with Gasteiger partial charge in [-0.3, -0.25) is 4.98 Å². The average Bonchev–Trinajstić information content (AvgIpc) is 3.27. The van der Waals surface area contributed by atoms with Crippen molar-refractivity contribution >= 4 is 32.4 Å². The van der Waals surface area contributed by atoms with Crippen molar-refractivity contribution < 1.29 is 8.42 Å². The minimum absolute atomic E-state index is 0.108. The van der Waals surface area contributed by atoms with Crippen LogP contribution in [-0.2, 0) is 10.2 Å². The van der Waals surface area contributed by atoms with Gasteiger partial charge in [-0.05, 0) is 25.5 Å². The maximum absolute atomic E-state index is 12.7. The molecule has 1 saturated heterocycles. The molecule has 1 aliphatic heterocycles. The van der Waals surface area contributed by atoms with Gasteiger partial charge in [0.2, 0.25) is 0 Å². The van der Waals surface area contributed by atoms with E-state index in [1.54, 1.807) is 10.5 Å². The van der Waals surface area contributed by atoms with Gasteiger partial charge < -0.3 is 5.32 Å². The molecule has 3 rings (SSSR count). The van der Waals surface area contributed by atoms with E-state index in [-0.39, 0.29) is 5.92 Å². The van der Waals surface area contributed by atoms with Crippen LogP contribution in [0.5, 0.6) is 0 Å². The molecule has 26 heavy (non-hydrogen) atoms. The Morgan fingerprint density at radius 1 is 1.35 bits per heavy atom. The van der Waals surface area contributed by atoms with Crippen LogP contribution < -0.4 is 5.32 Å². The van der Waals surface area contributed by atoms with E-state index in [0.717, 1.165) is 28.6 Å². The molecular formula is C17H25N5O2S2. The molecule has 1 N–H and O–H groups in total. The van der Waals surface area contributed by atoms with Gasteiger partial charge in [-0.15, -0.1) is 11.3 Å². The molecule has 0 bridgehead atoms. The Morgan fingerprint density at radius 2 is 2.12 bits per heavy atom. The summed E-state index contributed by atoms with van der Waals surface area (Å²) in [6.45, 7) is 7.69. The predicted octanol–water partition coefficient (Wildman–Crippen LogP) is 2.97. The highest BCUT2D eigenvalue weighted by atomic mass is 32.2. The Hall–Kier alpha value is -1.55. The lowest BCUT2D eigenvalue weighted by molar-refractivity contribution is 0.377. The Balaban J connectivity index is 1.77. The molecular weight excluding hydrogens is 370 g/mol. The largest absolute Gasteiger partial charge is 0.331 e. The average molecular weight is 396 g/mol. The number of thiazole rings is 1. The van der Waals surface area contributed by atoms with Gasteiger partial charge in [0, 0.05) is 60.7 Å². The van der Waals surface area contributed by atoms with Crippen LogP contribution in [0, 0.1) is 6.92 Å². The van der Waals surface area contributed by atoms with E-state index in [1.165, 1.54) is 15.6 Å². The number of nitrogens with zero attached hydrogens (tertiary/aromatic N) is 4. The highest BCUT2D eigenvalue weighted by molar-refractivity contribution is 7.86. The normalized spacial score (nSPS) is 18.5. The van der Waals surface area contributed by atoms with Crippen molar-refractivity contribution in [1.82, 2.24) is 18.6 Å². The number of anilines is 2. The summed E-state index contributed by atoms with van der Waals surface area (Å²) >= 11 is 1.54. The van der Waals surface area contributed by atoms with Crippen molar-refractivity contribution in [3.8, 4) is 0 Å². The third kappa shape index (κ3) is 4.06. The molecule has 3 heterocycles. The fourth-order valence-electron chi connectivity index (χ4n) is 3.28. The zero-order chi connectivity index (χ0) is 18.7. The van der Waals surface area contributed by atoms with E-state index in [2.05, 4.69) is 15.3 Å². The summed E-state index contributed by atoms with van der Waals surface area (Å²) in [5.41, 5.74) is 2.78. The lowest BCUT2D eigenvalue weighted by atomic mass is 10.0. The van der Waals surface area contributed by atoms with Crippen LogP contribution in [0.15, 0.2) is 23.7 Å². The molecule has 9 heteroatoms. The van der Waals surface area contributed by atoms with Gasteiger partial charge in [-0.1, -0.05) is 13.8 Å². The fraction of sp³-hybridized carbons (Fsp3) is 0.529. The minimum Gasteiger partial charge on any atom is -0.331 e. The zero-order valence-corrected chi connectivity index (χ0v) is 17.0. The van der Waals surface area contributed by atoms with E-state index < -0.39 is 10.2 Å². The number of hydrogen-bond acceptors (Lipinski definition) is 6. The maximum Gasteiger partial charge on any atom is 0.281 e. The molecule has 142 valence electrons. The first kappa shape index (κ1) is 19.2. The SMILES string of the molecule is CCN(CC)S(=O)(=O)N1CC[C@H](c2cc(Nc3nccs3)cc(C)n2)C1. The van der Waals surface area contributed by atoms with Crippen LogP contribution in [0.2, 0.25) is 0 Å². The van der Waals surface area contributed by atoms with E-state index in [0.29, 0.717) is 26.2 Å². The Labute approximate surface area is 159 Å². The van der Waals surface area contributed by atoms with Crippen LogP contribution in [0.25, 0.3) is 0 Å². The van der Waals surface area contributed by atoms with Crippen molar-refractivity contribution in [3.63, 3.8) is 0 Å². The van der Waals surface area contributed by atoms with Gasteiger partial charge >= 0.3 is 0 Å². The number of hydrogen-bond donors (Lipinski definition) is 1. The Morgan fingerprint density at radius 3 is 2.77 bits per heavy atom. The monoisotopic (exact) mass is 395 g/mol. The molecule has 0 spiro atoms. The van der Waals surface area contributed by atoms with E-state index in [1.807, 2.05) is 38.3 Å². The van der Waals surface area contributed by atoms with Gasteiger partial charge in [-0.25, -0.2) is 4.98 Å². The van der Waals surface area contributed by atoms with Gasteiger partial charge in [0.25, 0.3) is 10.2 Å². The molecule has 1 fully saturated rings. The molecule has 1 aliphatic rings. The number of aromatic nitrogens is 2. The second-order valence-electron chi connectivity index (χ2n) is 6.32. The Kier molecular flexibility index (Phi) is 5.91. The lowest BCUT2D eigenvalue weighted by Gasteiger charge is -2.25. The molecule has 0 amide bonds.